The van der Waals surface area contributed by atoms with Crippen LogP contribution in [0.1, 0.15) is 33.3 Å². The van der Waals surface area contributed by atoms with Gasteiger partial charge in [-0.05, 0) is 43.2 Å². The van der Waals surface area contributed by atoms with Gasteiger partial charge in [-0.15, -0.1) is 0 Å². The van der Waals surface area contributed by atoms with Crippen molar-refractivity contribution in [2.24, 2.45) is 0 Å². The first-order chi connectivity index (χ1) is 16.9. The van der Waals surface area contributed by atoms with E-state index in [0.717, 1.165) is 16.8 Å². The van der Waals surface area contributed by atoms with Crippen molar-refractivity contribution < 1.29 is 14.3 Å². The van der Waals surface area contributed by atoms with Gasteiger partial charge in [0.2, 0.25) is 11.8 Å². The Labute approximate surface area is 203 Å². The van der Waals surface area contributed by atoms with Gasteiger partial charge in [-0.25, -0.2) is 9.97 Å². The number of carbonyl (C=O) groups is 1. The zero-order valence-electron chi connectivity index (χ0n) is 20.1. The molecule has 9 nitrogen and oxygen atoms in total. The van der Waals surface area contributed by atoms with Crippen LogP contribution in [-0.4, -0.2) is 51.6 Å². The molecule has 4 aromatic rings. The van der Waals surface area contributed by atoms with E-state index in [4.69, 9.17) is 4.42 Å². The number of amides is 1. The summed E-state index contributed by atoms with van der Waals surface area (Å²) in [5.74, 6) is 1.79. The van der Waals surface area contributed by atoms with Gasteiger partial charge in [0.1, 0.15) is 11.6 Å². The summed E-state index contributed by atoms with van der Waals surface area (Å²) in [6, 6.07) is 14.7. The first kappa shape index (κ1) is 23.9. The molecule has 0 fully saturated rings. The van der Waals surface area contributed by atoms with Crippen LogP contribution in [0.5, 0.6) is 0 Å². The Morgan fingerprint density at radius 1 is 1.09 bits per heavy atom. The van der Waals surface area contributed by atoms with E-state index in [-0.39, 0.29) is 12.5 Å². The predicted octanol–water partition coefficient (Wildman–Crippen LogP) is 4.34. The lowest BCUT2D eigenvalue weighted by molar-refractivity contribution is 0.0827. The fraction of sp³-hybridized carbons (Fsp3) is 0.231. The standard InChI is InChI=1S/C26H28N6O3/c1-16-12-19(10-11-20(16)25(34)32(3)4)29-26-28-14-21(24-27-13-17(2)35-24)23(31-26)30-22(15-33)18-8-6-5-7-9-18/h5-14,22,33H,15H2,1-4H3,(H2,28,29,30,31)/t22-/m1/s1. The Morgan fingerprint density at radius 3 is 2.49 bits per heavy atom. The molecule has 2 aromatic carbocycles. The molecule has 0 saturated carbocycles. The molecule has 0 spiro atoms. The number of hydrogen-bond acceptors (Lipinski definition) is 8. The lowest BCUT2D eigenvalue weighted by Gasteiger charge is -2.19. The summed E-state index contributed by atoms with van der Waals surface area (Å²) >= 11 is 0. The van der Waals surface area contributed by atoms with Crippen LogP contribution in [-0.2, 0) is 0 Å². The van der Waals surface area contributed by atoms with Gasteiger partial charge in [-0.3, -0.25) is 4.79 Å². The third kappa shape index (κ3) is 5.47. The summed E-state index contributed by atoms with van der Waals surface area (Å²) in [5.41, 5.74) is 3.69. The van der Waals surface area contributed by atoms with Crippen LogP contribution in [0.4, 0.5) is 17.5 Å². The molecule has 0 saturated heterocycles. The lowest BCUT2D eigenvalue weighted by atomic mass is 10.1. The van der Waals surface area contributed by atoms with E-state index in [0.29, 0.717) is 34.5 Å². The van der Waals surface area contributed by atoms with Crippen LogP contribution >= 0.6 is 0 Å². The highest BCUT2D eigenvalue weighted by Gasteiger charge is 2.19. The number of hydrogen-bond donors (Lipinski definition) is 3. The van der Waals surface area contributed by atoms with Gasteiger partial charge in [0.25, 0.3) is 5.91 Å². The van der Waals surface area contributed by atoms with Gasteiger partial charge in [-0.2, -0.15) is 4.98 Å². The number of anilines is 3. The van der Waals surface area contributed by atoms with Crippen molar-refractivity contribution in [3.63, 3.8) is 0 Å². The van der Waals surface area contributed by atoms with Crippen LogP contribution in [0.25, 0.3) is 11.5 Å². The van der Waals surface area contributed by atoms with Crippen LogP contribution in [0, 0.1) is 13.8 Å². The number of aryl methyl sites for hydroxylation is 2. The van der Waals surface area contributed by atoms with E-state index < -0.39 is 6.04 Å². The molecule has 0 aliphatic carbocycles. The number of nitrogens with zero attached hydrogens (tertiary/aromatic N) is 4. The number of rotatable bonds is 8. The highest BCUT2D eigenvalue weighted by atomic mass is 16.4. The number of nitrogens with one attached hydrogen (secondary N) is 2. The zero-order chi connectivity index (χ0) is 24.9. The van der Waals surface area contributed by atoms with Crippen molar-refractivity contribution >= 4 is 23.4 Å². The lowest BCUT2D eigenvalue weighted by Crippen LogP contribution is -2.22. The molecular weight excluding hydrogens is 444 g/mol. The molecule has 0 bridgehead atoms. The first-order valence-electron chi connectivity index (χ1n) is 11.2. The topological polar surface area (TPSA) is 116 Å². The molecule has 0 aliphatic heterocycles. The molecule has 2 aromatic heterocycles. The average Bonchev–Trinajstić information content (AvgIpc) is 3.28. The van der Waals surface area contributed by atoms with Crippen molar-refractivity contribution in [3.8, 4) is 11.5 Å². The number of aliphatic hydroxyl groups is 1. The monoisotopic (exact) mass is 472 g/mol. The molecule has 0 radical (unpaired) electrons. The smallest absolute Gasteiger partial charge is 0.253 e. The highest BCUT2D eigenvalue weighted by Crippen LogP contribution is 2.30. The summed E-state index contributed by atoms with van der Waals surface area (Å²) in [6.07, 6.45) is 3.25. The van der Waals surface area contributed by atoms with Crippen molar-refractivity contribution in [2.45, 2.75) is 19.9 Å². The van der Waals surface area contributed by atoms with Gasteiger partial charge >= 0.3 is 0 Å². The fourth-order valence-corrected chi connectivity index (χ4v) is 3.62. The summed E-state index contributed by atoms with van der Waals surface area (Å²) in [5, 5.41) is 16.6. The van der Waals surface area contributed by atoms with Crippen molar-refractivity contribution in [2.75, 3.05) is 31.3 Å². The van der Waals surface area contributed by atoms with Crippen molar-refractivity contribution in [3.05, 3.63) is 83.4 Å². The quantitative estimate of drug-likeness (QED) is 0.347. The number of aromatic nitrogens is 3. The molecule has 1 atom stereocenters. The molecule has 35 heavy (non-hydrogen) atoms. The maximum absolute atomic E-state index is 12.3. The Bertz CT molecular complexity index is 1320. The van der Waals surface area contributed by atoms with Crippen molar-refractivity contribution in [1.29, 1.82) is 0 Å². The van der Waals surface area contributed by atoms with Gasteiger partial charge in [0.05, 0.1) is 24.4 Å². The third-order valence-corrected chi connectivity index (χ3v) is 5.46. The number of oxazole rings is 1. The minimum Gasteiger partial charge on any atom is -0.441 e. The summed E-state index contributed by atoms with van der Waals surface area (Å²) < 4.78 is 5.71. The predicted molar refractivity (Wildman–Crippen MR) is 135 cm³/mol. The number of carbonyl (C=O) groups excluding carboxylic acids is 1. The van der Waals surface area contributed by atoms with Gasteiger partial charge in [0, 0.05) is 31.5 Å². The van der Waals surface area contributed by atoms with E-state index in [1.54, 1.807) is 37.5 Å². The van der Waals surface area contributed by atoms with E-state index in [1.807, 2.05) is 56.3 Å². The zero-order valence-corrected chi connectivity index (χ0v) is 20.1. The minimum absolute atomic E-state index is 0.0571. The SMILES string of the molecule is Cc1cnc(-c2cnc(Nc3ccc(C(=O)N(C)C)c(C)c3)nc2N[C@H](CO)c2ccccc2)o1. The second-order valence-corrected chi connectivity index (χ2v) is 8.38. The Balaban J connectivity index is 1.66. The molecule has 4 rings (SSSR count). The average molecular weight is 473 g/mol. The summed E-state index contributed by atoms with van der Waals surface area (Å²) in [6.45, 7) is 3.56. The highest BCUT2D eigenvalue weighted by molar-refractivity contribution is 5.95. The molecule has 9 heteroatoms. The second-order valence-electron chi connectivity index (χ2n) is 8.38. The number of benzene rings is 2. The number of aliphatic hydroxyl groups excluding tert-OH is 1. The van der Waals surface area contributed by atoms with Crippen LogP contribution in [0.15, 0.2) is 65.3 Å². The van der Waals surface area contributed by atoms with E-state index >= 15 is 0 Å². The third-order valence-electron chi connectivity index (χ3n) is 5.46. The van der Waals surface area contributed by atoms with Crippen molar-refractivity contribution in [1.82, 2.24) is 19.9 Å². The van der Waals surface area contributed by atoms with E-state index in [9.17, 15) is 9.90 Å². The Kier molecular flexibility index (Phi) is 7.07. The van der Waals surface area contributed by atoms with Gasteiger partial charge < -0.3 is 25.1 Å². The fourth-order valence-electron chi connectivity index (χ4n) is 3.62. The minimum atomic E-state index is -0.396. The van der Waals surface area contributed by atoms with Gasteiger partial charge in [0.15, 0.2) is 0 Å². The molecule has 2 heterocycles. The largest absolute Gasteiger partial charge is 0.441 e. The van der Waals surface area contributed by atoms with Gasteiger partial charge in [-0.1, -0.05) is 30.3 Å². The normalized spacial score (nSPS) is 11.7. The van der Waals surface area contributed by atoms with E-state index in [1.165, 1.54) is 0 Å². The van der Waals surface area contributed by atoms with Crippen LogP contribution in [0.3, 0.4) is 0 Å². The molecule has 1 amide bonds. The summed E-state index contributed by atoms with van der Waals surface area (Å²) in [7, 11) is 3.45. The maximum Gasteiger partial charge on any atom is 0.253 e. The molecular formula is C26H28N6O3. The molecule has 180 valence electrons. The van der Waals surface area contributed by atoms with Crippen LogP contribution in [0.2, 0.25) is 0 Å². The maximum atomic E-state index is 12.3. The van der Waals surface area contributed by atoms with Crippen LogP contribution < -0.4 is 10.6 Å². The summed E-state index contributed by atoms with van der Waals surface area (Å²) in [4.78, 5) is 27.3. The molecule has 0 aliphatic rings. The molecule has 0 unspecified atom stereocenters. The van der Waals surface area contributed by atoms with E-state index in [2.05, 4.69) is 25.6 Å². The first-order valence-corrected chi connectivity index (χ1v) is 11.2. The molecule has 3 N–H and O–H groups in total. The Hall–Kier alpha value is -4.24. The second kappa shape index (κ2) is 10.4. The Morgan fingerprint density at radius 2 is 1.86 bits per heavy atom.